The minimum Gasteiger partial charge on any atom is -0.366 e. The van der Waals surface area contributed by atoms with Crippen molar-refractivity contribution in [3.63, 3.8) is 0 Å². The average Bonchev–Trinajstić information content (AvgIpc) is 2.46. The summed E-state index contributed by atoms with van der Waals surface area (Å²) in [5, 5.41) is 3.17. The molecule has 7 nitrogen and oxygen atoms in total. The first-order chi connectivity index (χ1) is 9.91. The first-order valence-corrected chi connectivity index (χ1v) is 8.12. The molecule has 2 aromatic rings. The van der Waals surface area contributed by atoms with Crippen LogP contribution < -0.4 is 16.6 Å². The minimum absolute atomic E-state index is 0.305. The van der Waals surface area contributed by atoms with Crippen LogP contribution in [0.4, 0.5) is 11.6 Å². The fraction of sp³-hybridized carbons (Fsp3) is 0.231. The Kier molecular flexibility index (Phi) is 4.39. The molecule has 0 aliphatic carbocycles. The Labute approximate surface area is 123 Å². The van der Waals surface area contributed by atoms with Gasteiger partial charge >= 0.3 is 0 Å². The van der Waals surface area contributed by atoms with E-state index in [1.165, 1.54) is 12.6 Å². The van der Waals surface area contributed by atoms with E-state index in [4.69, 9.17) is 5.84 Å². The highest BCUT2D eigenvalue weighted by Crippen LogP contribution is 2.18. The molecule has 0 aliphatic rings. The second-order valence-corrected chi connectivity index (χ2v) is 6.63. The van der Waals surface area contributed by atoms with Crippen LogP contribution in [-0.2, 0) is 16.4 Å². The molecule has 0 bridgehead atoms. The Bertz CT molecular complexity index is 729. The van der Waals surface area contributed by atoms with Crippen molar-refractivity contribution in [3.8, 4) is 0 Å². The third-order valence-corrected chi connectivity index (χ3v) is 4.16. The van der Waals surface area contributed by atoms with Gasteiger partial charge in [0.1, 0.15) is 18.0 Å². The second-order valence-electron chi connectivity index (χ2n) is 4.61. The quantitative estimate of drug-likeness (QED) is 0.560. The maximum Gasteiger partial charge on any atom is 0.175 e. The summed E-state index contributed by atoms with van der Waals surface area (Å²) < 4.78 is 22.8. The Morgan fingerprint density at radius 3 is 2.33 bits per heavy atom. The normalized spacial score (nSPS) is 11.2. The molecule has 1 heterocycles. The summed E-state index contributed by atoms with van der Waals surface area (Å²) >= 11 is 0. The number of rotatable bonds is 5. The maximum absolute atomic E-state index is 11.4. The van der Waals surface area contributed by atoms with Crippen molar-refractivity contribution in [1.82, 2.24) is 9.97 Å². The lowest BCUT2D eigenvalue weighted by atomic mass is 10.2. The molecule has 112 valence electrons. The standard InChI is InChI=1S/C13H17N5O2S/c1-9-12(16-8-17-13(9)18-14)15-7-10-3-5-11(6-4-10)21(2,19)20/h3-6,8H,7,14H2,1-2H3,(H2,15,16,17,18). The fourth-order valence-corrected chi connectivity index (χ4v) is 2.44. The zero-order valence-electron chi connectivity index (χ0n) is 11.8. The highest BCUT2D eigenvalue weighted by molar-refractivity contribution is 7.90. The van der Waals surface area contributed by atoms with Gasteiger partial charge in [-0.3, -0.25) is 0 Å². The zero-order valence-corrected chi connectivity index (χ0v) is 12.6. The summed E-state index contributed by atoms with van der Waals surface area (Å²) in [6.07, 6.45) is 2.60. The number of hydrogen-bond donors (Lipinski definition) is 3. The van der Waals surface area contributed by atoms with Crippen molar-refractivity contribution >= 4 is 21.5 Å². The molecule has 2 rings (SSSR count). The number of nitrogens with zero attached hydrogens (tertiary/aromatic N) is 2. The van der Waals surface area contributed by atoms with Gasteiger partial charge in [-0.05, 0) is 24.6 Å². The van der Waals surface area contributed by atoms with Crippen molar-refractivity contribution < 1.29 is 8.42 Å². The highest BCUT2D eigenvalue weighted by Gasteiger charge is 2.07. The van der Waals surface area contributed by atoms with Crippen LogP contribution in [0.5, 0.6) is 0 Å². The van der Waals surface area contributed by atoms with Crippen LogP contribution in [0.1, 0.15) is 11.1 Å². The average molecular weight is 307 g/mol. The van der Waals surface area contributed by atoms with Crippen molar-refractivity contribution in [2.75, 3.05) is 17.0 Å². The van der Waals surface area contributed by atoms with Crippen LogP contribution in [0.15, 0.2) is 35.5 Å². The predicted octanol–water partition coefficient (Wildman–Crippen LogP) is 1.09. The lowest BCUT2D eigenvalue weighted by Gasteiger charge is -2.11. The zero-order chi connectivity index (χ0) is 15.5. The van der Waals surface area contributed by atoms with Crippen LogP contribution in [-0.4, -0.2) is 24.6 Å². The Morgan fingerprint density at radius 2 is 1.76 bits per heavy atom. The number of aromatic nitrogens is 2. The molecule has 0 spiro atoms. The van der Waals surface area contributed by atoms with Gasteiger partial charge < -0.3 is 10.7 Å². The number of nitrogen functional groups attached to an aromatic ring is 1. The van der Waals surface area contributed by atoms with Crippen LogP contribution in [0, 0.1) is 6.92 Å². The van der Waals surface area contributed by atoms with Gasteiger partial charge in [-0.2, -0.15) is 0 Å². The monoisotopic (exact) mass is 307 g/mol. The molecular weight excluding hydrogens is 290 g/mol. The number of benzene rings is 1. The SMILES string of the molecule is Cc1c(NN)ncnc1NCc1ccc(S(C)(=O)=O)cc1. The molecule has 0 saturated heterocycles. The van der Waals surface area contributed by atoms with E-state index < -0.39 is 9.84 Å². The number of anilines is 2. The molecule has 0 amide bonds. The van der Waals surface area contributed by atoms with Crippen LogP contribution in [0.3, 0.4) is 0 Å². The summed E-state index contributed by atoms with van der Waals surface area (Å²) in [5.41, 5.74) is 4.26. The molecule has 1 aromatic heterocycles. The molecule has 0 aliphatic heterocycles. The largest absolute Gasteiger partial charge is 0.366 e. The Hall–Kier alpha value is -2.19. The lowest BCUT2D eigenvalue weighted by Crippen LogP contribution is -2.12. The molecule has 4 N–H and O–H groups in total. The highest BCUT2D eigenvalue weighted by atomic mass is 32.2. The first kappa shape index (κ1) is 15.2. The maximum atomic E-state index is 11.4. The topological polar surface area (TPSA) is 110 Å². The van der Waals surface area contributed by atoms with Gasteiger partial charge in [-0.1, -0.05) is 12.1 Å². The summed E-state index contributed by atoms with van der Waals surface area (Å²) in [6, 6.07) is 6.71. The van der Waals surface area contributed by atoms with Crippen LogP contribution >= 0.6 is 0 Å². The van der Waals surface area contributed by atoms with Gasteiger partial charge in [-0.25, -0.2) is 24.2 Å². The van der Waals surface area contributed by atoms with E-state index in [9.17, 15) is 8.42 Å². The van der Waals surface area contributed by atoms with Crippen LogP contribution in [0.2, 0.25) is 0 Å². The van der Waals surface area contributed by atoms with Crippen molar-refractivity contribution in [2.45, 2.75) is 18.4 Å². The third kappa shape index (κ3) is 3.67. The predicted molar refractivity (Wildman–Crippen MR) is 81.5 cm³/mol. The number of nitrogens with two attached hydrogens (primary N) is 1. The Balaban J connectivity index is 2.10. The van der Waals surface area contributed by atoms with Crippen LogP contribution in [0.25, 0.3) is 0 Å². The van der Waals surface area contributed by atoms with Crippen molar-refractivity contribution in [2.24, 2.45) is 5.84 Å². The number of hydrazine groups is 1. The van der Waals surface area contributed by atoms with E-state index in [0.717, 1.165) is 11.1 Å². The van der Waals surface area contributed by atoms with E-state index in [1.54, 1.807) is 24.3 Å². The Morgan fingerprint density at radius 1 is 1.14 bits per heavy atom. The summed E-state index contributed by atoms with van der Waals surface area (Å²) in [5.74, 6) is 6.59. The number of nitrogens with one attached hydrogen (secondary N) is 2. The second kappa shape index (κ2) is 6.06. The smallest absolute Gasteiger partial charge is 0.175 e. The summed E-state index contributed by atoms with van der Waals surface area (Å²) in [4.78, 5) is 8.45. The van der Waals surface area contributed by atoms with Crippen molar-refractivity contribution in [1.29, 1.82) is 0 Å². The van der Waals surface area contributed by atoms with E-state index in [0.29, 0.717) is 23.1 Å². The van der Waals surface area contributed by atoms with Gasteiger partial charge in [0.05, 0.1) is 4.90 Å². The molecule has 1 aromatic carbocycles. The molecule has 0 saturated carbocycles. The fourth-order valence-electron chi connectivity index (χ4n) is 1.81. The lowest BCUT2D eigenvalue weighted by molar-refractivity contribution is 0.602. The number of hydrogen-bond acceptors (Lipinski definition) is 7. The molecular formula is C13H17N5O2S. The summed E-state index contributed by atoms with van der Waals surface area (Å²) in [7, 11) is -3.17. The molecule has 21 heavy (non-hydrogen) atoms. The number of sulfone groups is 1. The van der Waals surface area contributed by atoms with Gasteiger partial charge in [0.25, 0.3) is 0 Å². The van der Waals surface area contributed by atoms with Crippen molar-refractivity contribution in [3.05, 3.63) is 41.7 Å². The van der Waals surface area contributed by atoms with Gasteiger partial charge in [0.2, 0.25) is 0 Å². The molecule has 0 atom stereocenters. The third-order valence-electron chi connectivity index (χ3n) is 3.03. The van der Waals surface area contributed by atoms with E-state index in [1.807, 2.05) is 6.92 Å². The molecule has 0 radical (unpaired) electrons. The first-order valence-electron chi connectivity index (χ1n) is 6.23. The van der Waals surface area contributed by atoms with Gasteiger partial charge in [0.15, 0.2) is 9.84 Å². The summed E-state index contributed by atoms with van der Waals surface area (Å²) in [6.45, 7) is 2.37. The van der Waals surface area contributed by atoms with E-state index in [-0.39, 0.29) is 0 Å². The van der Waals surface area contributed by atoms with E-state index in [2.05, 4.69) is 20.7 Å². The molecule has 0 unspecified atom stereocenters. The molecule has 8 heteroatoms. The van der Waals surface area contributed by atoms with E-state index >= 15 is 0 Å². The van der Waals surface area contributed by atoms with Gasteiger partial charge in [0, 0.05) is 18.4 Å². The van der Waals surface area contributed by atoms with Gasteiger partial charge in [-0.15, -0.1) is 0 Å². The minimum atomic E-state index is -3.17. The molecule has 0 fully saturated rings.